The van der Waals surface area contributed by atoms with Gasteiger partial charge in [-0.05, 0) is 36.5 Å². The predicted molar refractivity (Wildman–Crippen MR) is 80.3 cm³/mol. The normalized spacial score (nSPS) is 15.1. The van der Waals surface area contributed by atoms with Crippen molar-refractivity contribution in [1.29, 1.82) is 0 Å². The van der Waals surface area contributed by atoms with Gasteiger partial charge in [0.15, 0.2) is 5.11 Å². The molecule has 20 heavy (non-hydrogen) atoms. The first kappa shape index (κ1) is 12.7. The Morgan fingerprint density at radius 3 is 2.35 bits per heavy atom. The molecule has 1 amide bonds. The van der Waals surface area contributed by atoms with Crippen LogP contribution in [0.5, 0.6) is 0 Å². The summed E-state index contributed by atoms with van der Waals surface area (Å²) in [5, 5.41) is 0.298. The molecule has 1 aliphatic heterocycles. The third-order valence-electron chi connectivity index (χ3n) is 3.13. The molecule has 3 nitrogen and oxygen atoms in total. The quantitative estimate of drug-likeness (QED) is 0.793. The van der Waals surface area contributed by atoms with Crippen LogP contribution in [0.2, 0.25) is 0 Å². The maximum atomic E-state index is 13.8. The summed E-state index contributed by atoms with van der Waals surface area (Å²) in [7, 11) is 0. The zero-order valence-corrected chi connectivity index (χ0v) is 11.3. The highest BCUT2D eigenvalue weighted by atomic mass is 32.1. The number of thiocarbonyl (C=S) groups is 1. The minimum Gasteiger partial charge on any atom is -0.309 e. The number of carbonyl (C=O) groups is 1. The third kappa shape index (κ3) is 2.06. The van der Waals surface area contributed by atoms with Crippen LogP contribution in [0.3, 0.4) is 0 Å². The van der Waals surface area contributed by atoms with Crippen LogP contribution in [0.25, 0.3) is 0 Å². The van der Waals surface area contributed by atoms with Gasteiger partial charge in [0.25, 0.3) is 5.91 Å². The Kier molecular flexibility index (Phi) is 3.20. The van der Waals surface area contributed by atoms with E-state index in [-0.39, 0.29) is 18.1 Å². The number of amides is 1. The largest absolute Gasteiger partial charge is 0.309 e. The van der Waals surface area contributed by atoms with E-state index in [1.54, 1.807) is 23.1 Å². The molecule has 0 aromatic heterocycles. The van der Waals surface area contributed by atoms with Gasteiger partial charge in [-0.15, -0.1) is 0 Å². The highest BCUT2D eigenvalue weighted by Crippen LogP contribution is 2.27. The molecule has 2 aromatic carbocycles. The smallest absolute Gasteiger partial charge is 0.253 e. The molecule has 0 atom stereocenters. The number of hydrogen-bond donors (Lipinski definition) is 0. The molecule has 2 aromatic rings. The maximum absolute atomic E-state index is 13.8. The lowest BCUT2D eigenvalue weighted by molar-refractivity contribution is -0.115. The van der Waals surface area contributed by atoms with Crippen LogP contribution in [0.4, 0.5) is 15.8 Å². The van der Waals surface area contributed by atoms with Crippen molar-refractivity contribution in [3.05, 3.63) is 60.4 Å². The minimum atomic E-state index is -0.460. The molecule has 0 radical (unpaired) electrons. The predicted octanol–water partition coefficient (Wildman–Crippen LogP) is 2.96. The van der Waals surface area contributed by atoms with E-state index in [1.807, 2.05) is 30.3 Å². The van der Waals surface area contributed by atoms with Crippen molar-refractivity contribution in [2.75, 3.05) is 16.3 Å². The Morgan fingerprint density at radius 2 is 1.65 bits per heavy atom. The van der Waals surface area contributed by atoms with Crippen LogP contribution in [-0.2, 0) is 4.79 Å². The zero-order chi connectivity index (χ0) is 14.1. The van der Waals surface area contributed by atoms with Crippen molar-refractivity contribution in [2.24, 2.45) is 0 Å². The molecule has 0 spiro atoms. The summed E-state index contributed by atoms with van der Waals surface area (Å²) in [6, 6.07) is 15.5. The van der Waals surface area contributed by atoms with E-state index in [2.05, 4.69) is 0 Å². The Hall–Kier alpha value is -2.27. The van der Waals surface area contributed by atoms with Crippen molar-refractivity contribution < 1.29 is 9.18 Å². The fourth-order valence-corrected chi connectivity index (χ4v) is 2.55. The molecule has 5 heteroatoms. The number of anilines is 2. The SMILES string of the molecule is O=C1CN(c2ccccc2)C(=S)N1c1ccccc1F. The molecular formula is C15H11FN2OS. The lowest BCUT2D eigenvalue weighted by Gasteiger charge is -2.20. The third-order valence-corrected chi connectivity index (χ3v) is 3.53. The monoisotopic (exact) mass is 286 g/mol. The van der Waals surface area contributed by atoms with Gasteiger partial charge in [-0.3, -0.25) is 9.69 Å². The molecule has 0 bridgehead atoms. The molecular weight excluding hydrogens is 275 g/mol. The molecule has 0 N–H and O–H groups in total. The number of benzene rings is 2. The summed E-state index contributed by atoms with van der Waals surface area (Å²) in [4.78, 5) is 15.1. The topological polar surface area (TPSA) is 23.6 Å². The second-order valence-electron chi connectivity index (χ2n) is 4.38. The molecule has 0 unspecified atom stereocenters. The number of halogens is 1. The van der Waals surface area contributed by atoms with E-state index >= 15 is 0 Å². The lowest BCUT2D eigenvalue weighted by atomic mass is 10.3. The molecule has 1 fully saturated rings. The summed E-state index contributed by atoms with van der Waals surface area (Å²) in [5.41, 5.74) is 1.02. The highest BCUT2D eigenvalue weighted by Gasteiger charge is 2.35. The van der Waals surface area contributed by atoms with Crippen LogP contribution in [0.15, 0.2) is 54.6 Å². The summed E-state index contributed by atoms with van der Waals surface area (Å²) < 4.78 is 13.8. The Balaban J connectivity index is 1.98. The number of rotatable bonds is 2. The maximum Gasteiger partial charge on any atom is 0.253 e. The van der Waals surface area contributed by atoms with Crippen molar-refractivity contribution in [3.63, 3.8) is 0 Å². The summed E-state index contributed by atoms with van der Waals surface area (Å²) >= 11 is 5.33. The van der Waals surface area contributed by atoms with Gasteiger partial charge < -0.3 is 4.90 Å². The lowest BCUT2D eigenvalue weighted by Crippen LogP contribution is -2.33. The van der Waals surface area contributed by atoms with Crippen molar-refractivity contribution in [3.8, 4) is 0 Å². The van der Waals surface area contributed by atoms with Gasteiger partial charge in [-0.2, -0.15) is 0 Å². The zero-order valence-electron chi connectivity index (χ0n) is 10.5. The standard InChI is InChI=1S/C15H11FN2OS/c16-12-8-4-5-9-13(12)18-14(19)10-17(15(18)20)11-6-2-1-3-7-11/h1-9H,10H2. The van der Waals surface area contributed by atoms with Crippen molar-refractivity contribution >= 4 is 34.6 Å². The van der Waals surface area contributed by atoms with E-state index in [9.17, 15) is 9.18 Å². The van der Waals surface area contributed by atoms with Crippen LogP contribution >= 0.6 is 12.2 Å². The van der Waals surface area contributed by atoms with Gasteiger partial charge in [0.05, 0.1) is 5.69 Å². The summed E-state index contributed by atoms with van der Waals surface area (Å²) in [5.74, 6) is -0.693. The van der Waals surface area contributed by atoms with Crippen LogP contribution in [0.1, 0.15) is 0 Å². The molecule has 1 heterocycles. The first-order valence-electron chi connectivity index (χ1n) is 6.12. The van der Waals surface area contributed by atoms with Crippen LogP contribution < -0.4 is 9.80 Å². The molecule has 1 aliphatic rings. The van der Waals surface area contributed by atoms with Gasteiger partial charge in [0.1, 0.15) is 12.4 Å². The van der Waals surface area contributed by atoms with Crippen molar-refractivity contribution in [1.82, 2.24) is 0 Å². The van der Waals surface area contributed by atoms with E-state index in [1.165, 1.54) is 11.0 Å². The first-order valence-corrected chi connectivity index (χ1v) is 6.53. The van der Waals surface area contributed by atoms with E-state index in [0.29, 0.717) is 5.11 Å². The summed E-state index contributed by atoms with van der Waals surface area (Å²) in [6.07, 6.45) is 0. The van der Waals surface area contributed by atoms with Crippen LogP contribution in [-0.4, -0.2) is 17.6 Å². The summed E-state index contributed by atoms with van der Waals surface area (Å²) in [6.45, 7) is 0.122. The number of para-hydroxylation sites is 2. The van der Waals surface area contributed by atoms with Crippen LogP contribution in [0, 0.1) is 5.82 Å². The second-order valence-corrected chi connectivity index (χ2v) is 4.75. The Morgan fingerprint density at radius 1 is 1.00 bits per heavy atom. The van der Waals surface area contributed by atoms with Gasteiger partial charge in [0.2, 0.25) is 0 Å². The van der Waals surface area contributed by atoms with E-state index in [4.69, 9.17) is 12.2 Å². The molecule has 100 valence electrons. The molecule has 0 aliphatic carbocycles. The van der Waals surface area contributed by atoms with Gasteiger partial charge in [0, 0.05) is 5.69 Å². The van der Waals surface area contributed by atoms with E-state index in [0.717, 1.165) is 5.69 Å². The Bertz CT molecular complexity index is 675. The van der Waals surface area contributed by atoms with Gasteiger partial charge >= 0.3 is 0 Å². The van der Waals surface area contributed by atoms with Crippen molar-refractivity contribution in [2.45, 2.75) is 0 Å². The second kappa shape index (κ2) is 5.02. The number of hydrogen-bond acceptors (Lipinski definition) is 2. The highest BCUT2D eigenvalue weighted by molar-refractivity contribution is 7.81. The minimum absolute atomic E-state index is 0.122. The van der Waals surface area contributed by atoms with E-state index < -0.39 is 5.82 Å². The average molecular weight is 286 g/mol. The average Bonchev–Trinajstić information content (AvgIpc) is 2.76. The molecule has 1 saturated heterocycles. The fraction of sp³-hybridized carbons (Fsp3) is 0.0667. The molecule has 0 saturated carbocycles. The van der Waals surface area contributed by atoms with Gasteiger partial charge in [-0.25, -0.2) is 4.39 Å². The first-order chi connectivity index (χ1) is 9.68. The fourth-order valence-electron chi connectivity index (χ4n) is 2.18. The number of nitrogens with zero attached hydrogens (tertiary/aromatic N) is 2. The number of carbonyl (C=O) groups excluding carboxylic acids is 1. The Labute approximate surface area is 121 Å². The molecule has 3 rings (SSSR count). The van der Waals surface area contributed by atoms with Gasteiger partial charge in [-0.1, -0.05) is 30.3 Å².